The lowest BCUT2D eigenvalue weighted by Gasteiger charge is -2.12. The summed E-state index contributed by atoms with van der Waals surface area (Å²) in [5.74, 6) is 1.21. The van der Waals surface area contributed by atoms with Crippen LogP contribution in [0, 0.1) is 0 Å². The summed E-state index contributed by atoms with van der Waals surface area (Å²) in [7, 11) is 0. The predicted octanol–water partition coefficient (Wildman–Crippen LogP) is 2.07. The number of nitrogens with zero attached hydrogens (tertiary/aromatic N) is 3. The van der Waals surface area contributed by atoms with E-state index in [4.69, 9.17) is 10.5 Å². The van der Waals surface area contributed by atoms with Gasteiger partial charge in [0.15, 0.2) is 11.6 Å². The molecule has 6 heteroatoms. The van der Waals surface area contributed by atoms with Gasteiger partial charge in [0.1, 0.15) is 5.75 Å². The van der Waals surface area contributed by atoms with Crippen LogP contribution in [0.3, 0.4) is 0 Å². The molecule has 2 rings (SSSR count). The summed E-state index contributed by atoms with van der Waals surface area (Å²) in [4.78, 5) is 11.6. The van der Waals surface area contributed by atoms with Crippen LogP contribution in [0.2, 0.25) is 0 Å². The zero-order chi connectivity index (χ0) is 15.4. The molecule has 2 aromatic rings. The first-order valence-corrected chi connectivity index (χ1v) is 7.01. The third-order valence-electron chi connectivity index (χ3n) is 3.29. The Balaban J connectivity index is 2.40. The minimum atomic E-state index is 0.0214. The Morgan fingerprint density at radius 1 is 1.38 bits per heavy atom. The van der Waals surface area contributed by atoms with E-state index in [-0.39, 0.29) is 5.78 Å². The average molecular weight is 288 g/mol. The highest BCUT2D eigenvalue weighted by Crippen LogP contribution is 2.23. The van der Waals surface area contributed by atoms with Gasteiger partial charge in [-0.1, -0.05) is 12.1 Å². The minimum absolute atomic E-state index is 0.0214. The summed E-state index contributed by atoms with van der Waals surface area (Å²) < 4.78 is 7.37. The predicted molar refractivity (Wildman–Crippen MR) is 80.5 cm³/mol. The smallest absolute Gasteiger partial charge is 0.169 e. The van der Waals surface area contributed by atoms with Crippen molar-refractivity contribution in [2.45, 2.75) is 33.7 Å². The van der Waals surface area contributed by atoms with Crippen molar-refractivity contribution in [1.82, 2.24) is 15.0 Å². The normalized spacial score (nSPS) is 10.6. The molecule has 6 nitrogen and oxygen atoms in total. The maximum absolute atomic E-state index is 11.6. The summed E-state index contributed by atoms with van der Waals surface area (Å²) in [6.07, 6.45) is 0.745. The molecule has 0 unspecified atom stereocenters. The van der Waals surface area contributed by atoms with E-state index in [1.54, 1.807) is 17.7 Å². The van der Waals surface area contributed by atoms with Gasteiger partial charge in [0.2, 0.25) is 0 Å². The number of Topliss-reactive ketones (excluding diaryl/α,β-unsaturated/α-hetero) is 1. The van der Waals surface area contributed by atoms with E-state index < -0.39 is 0 Å². The van der Waals surface area contributed by atoms with Crippen LogP contribution in [-0.2, 0) is 13.0 Å². The molecule has 0 fully saturated rings. The van der Waals surface area contributed by atoms with Crippen LogP contribution >= 0.6 is 0 Å². The lowest BCUT2D eigenvalue weighted by atomic mass is 10.1. The number of rotatable bonds is 6. The number of hydrogen-bond donors (Lipinski definition) is 1. The first kappa shape index (κ1) is 15.0. The fraction of sp³-hybridized carbons (Fsp3) is 0.400. The van der Waals surface area contributed by atoms with Crippen molar-refractivity contribution in [3.05, 3.63) is 35.0 Å². The molecule has 0 atom stereocenters. The van der Waals surface area contributed by atoms with Crippen molar-refractivity contribution >= 4 is 11.6 Å². The van der Waals surface area contributed by atoms with Crippen molar-refractivity contribution in [3.8, 4) is 5.75 Å². The number of aromatic nitrogens is 3. The molecule has 1 aromatic heterocycles. The number of benzene rings is 1. The van der Waals surface area contributed by atoms with E-state index in [2.05, 4.69) is 10.3 Å². The molecule has 2 N–H and O–H groups in total. The van der Waals surface area contributed by atoms with Crippen LogP contribution in [-0.4, -0.2) is 27.4 Å². The number of nitrogen functional groups attached to an aromatic ring is 1. The minimum Gasteiger partial charge on any atom is -0.494 e. The zero-order valence-electron chi connectivity index (χ0n) is 12.6. The molecule has 0 spiro atoms. The fourth-order valence-corrected chi connectivity index (χ4v) is 2.22. The van der Waals surface area contributed by atoms with Crippen LogP contribution in [0.15, 0.2) is 18.2 Å². The molecule has 0 bridgehead atoms. The topological polar surface area (TPSA) is 83.0 Å². The number of carbonyl (C=O) groups is 1. The van der Waals surface area contributed by atoms with Gasteiger partial charge in [-0.2, -0.15) is 0 Å². The third-order valence-corrected chi connectivity index (χ3v) is 3.29. The molecule has 0 aliphatic carbocycles. The number of carbonyl (C=O) groups excluding carboxylic acids is 1. The van der Waals surface area contributed by atoms with Gasteiger partial charge in [0.25, 0.3) is 0 Å². The molecule has 1 aromatic carbocycles. The van der Waals surface area contributed by atoms with Gasteiger partial charge in [-0.05, 0) is 38.5 Å². The molecule has 0 amide bonds. The monoisotopic (exact) mass is 288 g/mol. The van der Waals surface area contributed by atoms with Crippen LogP contribution in [0.1, 0.15) is 42.4 Å². The van der Waals surface area contributed by atoms with Crippen molar-refractivity contribution < 1.29 is 9.53 Å². The first-order valence-electron chi connectivity index (χ1n) is 7.01. The molecular formula is C15H20N4O2. The maximum atomic E-state index is 11.6. The Labute approximate surface area is 123 Å². The van der Waals surface area contributed by atoms with Gasteiger partial charge in [-0.3, -0.25) is 4.79 Å². The van der Waals surface area contributed by atoms with Gasteiger partial charge in [-0.15, -0.1) is 5.10 Å². The first-order chi connectivity index (χ1) is 10.1. The number of nitrogens with two attached hydrogens (primary N) is 1. The van der Waals surface area contributed by atoms with Crippen LogP contribution in [0.5, 0.6) is 5.75 Å². The van der Waals surface area contributed by atoms with Crippen LogP contribution in [0.25, 0.3) is 0 Å². The maximum Gasteiger partial charge on any atom is 0.169 e. The van der Waals surface area contributed by atoms with Gasteiger partial charge in [-0.25, -0.2) is 4.68 Å². The highest BCUT2D eigenvalue weighted by molar-refractivity contribution is 5.94. The molecule has 112 valence electrons. The molecule has 1 heterocycles. The van der Waals surface area contributed by atoms with Crippen molar-refractivity contribution in [2.75, 3.05) is 12.3 Å². The molecular weight excluding hydrogens is 268 g/mol. The second-order valence-electron chi connectivity index (χ2n) is 4.74. The quantitative estimate of drug-likeness (QED) is 0.823. The Kier molecular flexibility index (Phi) is 4.57. The van der Waals surface area contributed by atoms with E-state index in [1.165, 1.54) is 0 Å². The molecule has 0 aliphatic rings. The van der Waals surface area contributed by atoms with Gasteiger partial charge >= 0.3 is 0 Å². The summed E-state index contributed by atoms with van der Waals surface area (Å²) in [5, 5.41) is 7.96. The highest BCUT2D eigenvalue weighted by Gasteiger charge is 2.13. The summed E-state index contributed by atoms with van der Waals surface area (Å²) in [6.45, 7) is 6.51. The SMILES string of the molecule is CCOc1ccc(C(C)=O)cc1Cn1nnc(N)c1CC. The van der Waals surface area contributed by atoms with Crippen molar-refractivity contribution in [1.29, 1.82) is 0 Å². The van der Waals surface area contributed by atoms with Gasteiger partial charge < -0.3 is 10.5 Å². The Bertz CT molecular complexity index is 649. The average Bonchev–Trinajstić information content (AvgIpc) is 2.81. The lowest BCUT2D eigenvalue weighted by molar-refractivity contribution is 0.101. The molecule has 0 saturated carbocycles. The zero-order valence-corrected chi connectivity index (χ0v) is 12.6. The largest absolute Gasteiger partial charge is 0.494 e. The lowest BCUT2D eigenvalue weighted by Crippen LogP contribution is -2.09. The second-order valence-corrected chi connectivity index (χ2v) is 4.74. The number of hydrogen-bond acceptors (Lipinski definition) is 5. The second kappa shape index (κ2) is 6.39. The van der Waals surface area contributed by atoms with E-state index in [1.807, 2.05) is 26.0 Å². The summed E-state index contributed by atoms with van der Waals surface area (Å²) >= 11 is 0. The number of ketones is 1. The molecule has 0 saturated heterocycles. The van der Waals surface area contributed by atoms with E-state index in [9.17, 15) is 4.79 Å². The van der Waals surface area contributed by atoms with E-state index >= 15 is 0 Å². The molecule has 0 radical (unpaired) electrons. The fourth-order valence-electron chi connectivity index (χ4n) is 2.22. The standard InChI is InChI=1S/C15H20N4O2/c1-4-13-15(16)17-18-19(13)9-12-8-11(10(3)20)6-7-14(12)21-5-2/h6-8H,4-5,9,16H2,1-3H3. The molecule has 21 heavy (non-hydrogen) atoms. The Morgan fingerprint density at radius 3 is 2.76 bits per heavy atom. The highest BCUT2D eigenvalue weighted by atomic mass is 16.5. The van der Waals surface area contributed by atoms with E-state index in [0.29, 0.717) is 24.5 Å². The van der Waals surface area contributed by atoms with Crippen LogP contribution in [0.4, 0.5) is 5.82 Å². The van der Waals surface area contributed by atoms with Crippen LogP contribution < -0.4 is 10.5 Å². The number of anilines is 1. The Hall–Kier alpha value is -2.37. The summed E-state index contributed by atoms with van der Waals surface area (Å²) in [6, 6.07) is 5.43. The third kappa shape index (κ3) is 3.21. The number of ether oxygens (including phenoxy) is 1. The van der Waals surface area contributed by atoms with Crippen molar-refractivity contribution in [2.24, 2.45) is 0 Å². The Morgan fingerprint density at radius 2 is 2.14 bits per heavy atom. The summed E-state index contributed by atoms with van der Waals surface area (Å²) in [5.41, 5.74) is 8.23. The van der Waals surface area contributed by atoms with E-state index in [0.717, 1.165) is 23.4 Å². The molecule has 0 aliphatic heterocycles. The van der Waals surface area contributed by atoms with Crippen molar-refractivity contribution in [3.63, 3.8) is 0 Å². The van der Waals surface area contributed by atoms with Gasteiger partial charge in [0, 0.05) is 11.1 Å². The van der Waals surface area contributed by atoms with Gasteiger partial charge in [0.05, 0.1) is 18.8 Å².